The Kier molecular flexibility index (Phi) is 5.08. The first-order valence-electron chi connectivity index (χ1n) is 6.67. The van der Waals surface area contributed by atoms with Gasteiger partial charge in [0.15, 0.2) is 0 Å². The van der Waals surface area contributed by atoms with E-state index in [0.29, 0.717) is 13.0 Å². The standard InChI is InChI=1S/C17H17N3O/c1-13-10-16(7-6-15(13)5-2-8-18)20-17(21)11-14-4-3-9-19-12-14/h3-4,6-7,9-10,12H,8,11,18H2,1H3,(H,20,21). The van der Waals surface area contributed by atoms with Crippen LogP contribution in [0.25, 0.3) is 0 Å². The zero-order valence-electron chi connectivity index (χ0n) is 11.9. The van der Waals surface area contributed by atoms with Gasteiger partial charge in [0, 0.05) is 23.6 Å². The van der Waals surface area contributed by atoms with Gasteiger partial charge in [-0.05, 0) is 42.3 Å². The molecule has 2 aromatic rings. The molecule has 0 radical (unpaired) electrons. The summed E-state index contributed by atoms with van der Waals surface area (Å²) in [7, 11) is 0. The van der Waals surface area contributed by atoms with Gasteiger partial charge in [-0.1, -0.05) is 17.9 Å². The SMILES string of the molecule is Cc1cc(NC(=O)Cc2cccnc2)ccc1C#CCN. The van der Waals surface area contributed by atoms with Gasteiger partial charge in [0.25, 0.3) is 0 Å². The molecule has 0 unspecified atom stereocenters. The van der Waals surface area contributed by atoms with Crippen LogP contribution < -0.4 is 11.1 Å². The molecule has 2 rings (SSSR count). The number of nitrogens with one attached hydrogen (secondary N) is 1. The van der Waals surface area contributed by atoms with E-state index >= 15 is 0 Å². The number of amides is 1. The normalized spacial score (nSPS) is 9.62. The van der Waals surface area contributed by atoms with Crippen molar-refractivity contribution in [3.8, 4) is 11.8 Å². The summed E-state index contributed by atoms with van der Waals surface area (Å²) in [5.41, 5.74) is 8.94. The lowest BCUT2D eigenvalue weighted by molar-refractivity contribution is -0.115. The van der Waals surface area contributed by atoms with Gasteiger partial charge < -0.3 is 11.1 Å². The maximum absolute atomic E-state index is 12.0. The summed E-state index contributed by atoms with van der Waals surface area (Å²) in [6.45, 7) is 2.29. The third-order valence-electron chi connectivity index (χ3n) is 2.92. The Labute approximate surface area is 124 Å². The molecule has 0 atom stereocenters. The number of carbonyl (C=O) groups excluding carboxylic acids is 1. The molecular formula is C17H17N3O. The van der Waals surface area contributed by atoms with Crippen LogP contribution in [0.4, 0.5) is 5.69 Å². The average molecular weight is 279 g/mol. The van der Waals surface area contributed by atoms with E-state index in [0.717, 1.165) is 22.4 Å². The van der Waals surface area contributed by atoms with Crippen molar-refractivity contribution in [3.63, 3.8) is 0 Å². The highest BCUT2D eigenvalue weighted by atomic mass is 16.1. The molecular weight excluding hydrogens is 262 g/mol. The topological polar surface area (TPSA) is 68.0 Å². The second-order valence-corrected chi connectivity index (χ2v) is 4.62. The van der Waals surface area contributed by atoms with Crippen LogP contribution in [0.15, 0.2) is 42.7 Å². The fourth-order valence-corrected chi connectivity index (χ4v) is 1.92. The Bertz CT molecular complexity index is 684. The molecule has 0 saturated carbocycles. The maximum atomic E-state index is 12.0. The molecule has 1 aromatic carbocycles. The van der Waals surface area contributed by atoms with Gasteiger partial charge in [-0.2, -0.15) is 0 Å². The molecule has 21 heavy (non-hydrogen) atoms. The quantitative estimate of drug-likeness (QED) is 0.843. The van der Waals surface area contributed by atoms with Gasteiger partial charge in [0.1, 0.15) is 0 Å². The van der Waals surface area contributed by atoms with Crippen LogP contribution in [0, 0.1) is 18.8 Å². The maximum Gasteiger partial charge on any atom is 0.228 e. The zero-order valence-corrected chi connectivity index (χ0v) is 11.9. The molecule has 0 aliphatic carbocycles. The first kappa shape index (κ1) is 14.8. The second kappa shape index (κ2) is 7.22. The van der Waals surface area contributed by atoms with E-state index in [2.05, 4.69) is 22.1 Å². The lowest BCUT2D eigenvalue weighted by Gasteiger charge is -2.07. The number of pyridine rings is 1. The molecule has 0 fully saturated rings. The Morgan fingerprint density at radius 2 is 2.24 bits per heavy atom. The van der Waals surface area contributed by atoms with Gasteiger partial charge in [-0.15, -0.1) is 0 Å². The number of carbonyl (C=O) groups is 1. The van der Waals surface area contributed by atoms with Gasteiger partial charge in [-0.25, -0.2) is 0 Å². The molecule has 0 saturated heterocycles. The third-order valence-corrected chi connectivity index (χ3v) is 2.92. The van der Waals surface area contributed by atoms with Crippen molar-refractivity contribution < 1.29 is 4.79 Å². The Balaban J connectivity index is 2.03. The Hall–Kier alpha value is -2.64. The number of aryl methyl sites for hydroxylation is 1. The molecule has 3 N–H and O–H groups in total. The van der Waals surface area contributed by atoms with Gasteiger partial charge in [-0.3, -0.25) is 9.78 Å². The molecule has 1 aromatic heterocycles. The smallest absolute Gasteiger partial charge is 0.228 e. The molecule has 4 nitrogen and oxygen atoms in total. The molecule has 1 amide bonds. The molecule has 1 heterocycles. The number of anilines is 1. The number of nitrogens with two attached hydrogens (primary N) is 1. The highest BCUT2D eigenvalue weighted by Crippen LogP contribution is 2.14. The van der Waals surface area contributed by atoms with E-state index in [1.807, 2.05) is 37.3 Å². The minimum atomic E-state index is -0.0665. The van der Waals surface area contributed by atoms with Crippen molar-refractivity contribution in [1.82, 2.24) is 4.98 Å². The summed E-state index contributed by atoms with van der Waals surface area (Å²) in [5.74, 6) is 5.75. The minimum Gasteiger partial charge on any atom is -0.326 e. The van der Waals surface area contributed by atoms with Crippen molar-refractivity contribution in [3.05, 3.63) is 59.4 Å². The van der Waals surface area contributed by atoms with Crippen molar-refractivity contribution in [2.75, 3.05) is 11.9 Å². The number of rotatable bonds is 3. The minimum absolute atomic E-state index is 0.0665. The predicted octanol–water partition coefficient (Wildman–Crippen LogP) is 1.88. The summed E-state index contributed by atoms with van der Waals surface area (Å²) in [6, 6.07) is 9.33. The van der Waals surface area contributed by atoms with Crippen molar-refractivity contribution in [1.29, 1.82) is 0 Å². The predicted molar refractivity (Wildman–Crippen MR) is 83.7 cm³/mol. The average Bonchev–Trinajstić information content (AvgIpc) is 2.47. The van der Waals surface area contributed by atoms with E-state index in [1.54, 1.807) is 12.4 Å². The molecule has 0 bridgehead atoms. The number of nitrogens with zero attached hydrogens (tertiary/aromatic N) is 1. The van der Waals surface area contributed by atoms with E-state index in [1.165, 1.54) is 0 Å². The summed E-state index contributed by atoms with van der Waals surface area (Å²) in [6.07, 6.45) is 3.68. The van der Waals surface area contributed by atoms with Crippen LogP contribution in [0.1, 0.15) is 16.7 Å². The fourth-order valence-electron chi connectivity index (χ4n) is 1.92. The number of aromatic nitrogens is 1. The van der Waals surface area contributed by atoms with Crippen LogP contribution >= 0.6 is 0 Å². The number of benzene rings is 1. The monoisotopic (exact) mass is 279 g/mol. The summed E-state index contributed by atoms with van der Waals surface area (Å²) in [5, 5.41) is 2.87. The van der Waals surface area contributed by atoms with Crippen LogP contribution in [0.5, 0.6) is 0 Å². The van der Waals surface area contributed by atoms with Crippen LogP contribution in [0.3, 0.4) is 0 Å². The molecule has 106 valence electrons. The second-order valence-electron chi connectivity index (χ2n) is 4.62. The molecule has 0 aliphatic rings. The lowest BCUT2D eigenvalue weighted by Crippen LogP contribution is -2.14. The zero-order chi connectivity index (χ0) is 15.1. The number of hydrogen-bond donors (Lipinski definition) is 2. The highest BCUT2D eigenvalue weighted by Gasteiger charge is 2.05. The lowest BCUT2D eigenvalue weighted by atomic mass is 10.1. The van der Waals surface area contributed by atoms with E-state index in [-0.39, 0.29) is 5.91 Å². The Morgan fingerprint density at radius 3 is 2.90 bits per heavy atom. The van der Waals surface area contributed by atoms with Gasteiger partial charge in [0.2, 0.25) is 5.91 Å². The van der Waals surface area contributed by atoms with Gasteiger partial charge in [0.05, 0.1) is 13.0 Å². The first-order chi connectivity index (χ1) is 10.2. The van der Waals surface area contributed by atoms with Crippen LogP contribution in [0.2, 0.25) is 0 Å². The van der Waals surface area contributed by atoms with E-state index in [4.69, 9.17) is 5.73 Å². The summed E-state index contributed by atoms with van der Waals surface area (Å²) in [4.78, 5) is 16.0. The molecule has 0 aliphatic heterocycles. The van der Waals surface area contributed by atoms with E-state index < -0.39 is 0 Å². The molecule has 4 heteroatoms. The van der Waals surface area contributed by atoms with Crippen LogP contribution in [-0.2, 0) is 11.2 Å². The van der Waals surface area contributed by atoms with Crippen molar-refractivity contribution in [2.24, 2.45) is 5.73 Å². The largest absolute Gasteiger partial charge is 0.326 e. The van der Waals surface area contributed by atoms with E-state index in [9.17, 15) is 4.79 Å². The fraction of sp³-hybridized carbons (Fsp3) is 0.176. The first-order valence-corrected chi connectivity index (χ1v) is 6.67. The number of hydrogen-bond acceptors (Lipinski definition) is 3. The molecule has 0 spiro atoms. The summed E-state index contributed by atoms with van der Waals surface area (Å²) < 4.78 is 0. The van der Waals surface area contributed by atoms with Crippen molar-refractivity contribution in [2.45, 2.75) is 13.3 Å². The highest BCUT2D eigenvalue weighted by molar-refractivity contribution is 5.92. The van der Waals surface area contributed by atoms with Crippen LogP contribution in [-0.4, -0.2) is 17.4 Å². The summed E-state index contributed by atoms with van der Waals surface area (Å²) >= 11 is 0. The third kappa shape index (κ3) is 4.44. The van der Waals surface area contributed by atoms with Gasteiger partial charge >= 0.3 is 0 Å². The van der Waals surface area contributed by atoms with Crippen molar-refractivity contribution >= 4 is 11.6 Å². The Morgan fingerprint density at radius 1 is 1.38 bits per heavy atom.